The molecule has 5 atom stereocenters. The summed E-state index contributed by atoms with van der Waals surface area (Å²) >= 11 is 0. The van der Waals surface area contributed by atoms with E-state index in [1.54, 1.807) is 6.07 Å². The molecule has 22 heteroatoms. The first-order chi connectivity index (χ1) is 33.9. The Labute approximate surface area is 409 Å². The third-order valence-electron chi connectivity index (χ3n) is 11.3. The van der Waals surface area contributed by atoms with E-state index < -0.39 is 83.3 Å². The molecule has 71 heavy (non-hydrogen) atoms. The second-order valence-electron chi connectivity index (χ2n) is 17.4. The van der Waals surface area contributed by atoms with E-state index in [4.69, 9.17) is 24.3 Å². The first-order valence-electron chi connectivity index (χ1n) is 22.6. The summed E-state index contributed by atoms with van der Waals surface area (Å²) in [7, 11) is -4.50. The molecule has 0 unspecified atom stereocenters. The van der Waals surface area contributed by atoms with Crippen LogP contribution in [0.1, 0.15) is 55.5 Å². The van der Waals surface area contributed by atoms with Gasteiger partial charge in [0.1, 0.15) is 24.4 Å². The zero-order chi connectivity index (χ0) is 51.1. The lowest BCUT2D eigenvalue weighted by molar-refractivity contribution is -0.130. The number of hydrogen-bond donors (Lipinski definition) is 9. The number of aromatic nitrogens is 2. The van der Waals surface area contributed by atoms with Gasteiger partial charge in [0.2, 0.25) is 24.5 Å². The number of ether oxygens (including phenoxy) is 3. The molecule has 1 aliphatic rings. The van der Waals surface area contributed by atoms with Gasteiger partial charge in [0.15, 0.2) is 17.3 Å². The minimum Gasteiger partial charge on any atom is -0.478 e. The molecule has 9 N–H and O–H groups in total. The van der Waals surface area contributed by atoms with E-state index in [1.165, 1.54) is 30.3 Å². The molecule has 0 radical (unpaired) electrons. The number of nitrogens with one attached hydrogen (secondary N) is 3. The summed E-state index contributed by atoms with van der Waals surface area (Å²) in [6, 6.07) is 26.3. The summed E-state index contributed by atoms with van der Waals surface area (Å²) in [5, 5.41) is 64.8. The summed E-state index contributed by atoms with van der Waals surface area (Å²) in [4.78, 5) is 48.9. The van der Waals surface area contributed by atoms with Gasteiger partial charge in [-0.3, -0.25) is 18.9 Å². The van der Waals surface area contributed by atoms with Crippen molar-refractivity contribution in [1.29, 1.82) is 0 Å². The summed E-state index contributed by atoms with van der Waals surface area (Å²) in [6.07, 6.45) is -4.89. The van der Waals surface area contributed by atoms with E-state index in [-0.39, 0.29) is 41.7 Å². The smallest absolute Gasteiger partial charge is 0.294 e. The topological polar surface area (TPSA) is 321 Å². The van der Waals surface area contributed by atoms with Gasteiger partial charge in [-0.2, -0.15) is 13.5 Å². The Morgan fingerprint density at radius 2 is 1.56 bits per heavy atom. The maximum absolute atomic E-state index is 13.7. The monoisotopic (exact) mass is 999 g/mol. The quantitative estimate of drug-likeness (QED) is 0.0230. The van der Waals surface area contributed by atoms with Crippen LogP contribution in [-0.4, -0.2) is 130 Å². The number of pyridine rings is 2. The predicted molar refractivity (Wildman–Crippen MR) is 256 cm³/mol. The Morgan fingerprint density at radius 3 is 2.30 bits per heavy atom. The second kappa shape index (κ2) is 24.8. The summed E-state index contributed by atoms with van der Waals surface area (Å²) in [6.45, 7) is 2.83. The fourth-order valence-corrected chi connectivity index (χ4v) is 7.97. The van der Waals surface area contributed by atoms with Crippen LogP contribution < -0.4 is 30.2 Å². The number of aliphatic hydroxyl groups excluding tert-OH is 5. The van der Waals surface area contributed by atoms with Gasteiger partial charge in [-0.25, -0.2) is 9.97 Å². The number of nitrogens with zero attached hydrogens (tertiary/aromatic N) is 4. The highest BCUT2D eigenvalue weighted by atomic mass is 32.2. The average molecular weight is 1000 g/mol. The number of hydrogen-bond acceptors (Lipinski definition) is 17. The maximum Gasteiger partial charge on any atom is 0.294 e. The maximum atomic E-state index is 13.7. The van der Waals surface area contributed by atoms with Gasteiger partial charge in [0, 0.05) is 30.9 Å². The van der Waals surface area contributed by atoms with E-state index in [9.17, 15) is 47.8 Å². The number of azo groups is 1. The van der Waals surface area contributed by atoms with Crippen molar-refractivity contribution in [3.05, 3.63) is 114 Å². The van der Waals surface area contributed by atoms with Gasteiger partial charge in [-0.15, -0.1) is 5.11 Å². The molecule has 0 saturated carbocycles. The zero-order valence-corrected chi connectivity index (χ0v) is 39.7. The molecule has 3 amide bonds. The van der Waals surface area contributed by atoms with Crippen LogP contribution in [0.3, 0.4) is 0 Å². The molecule has 0 aliphatic carbocycles. The highest BCUT2D eigenvalue weighted by molar-refractivity contribution is 7.85. The lowest BCUT2D eigenvalue weighted by Crippen LogP contribution is -2.52. The SMILES string of the molecule is CC(C)(CCCCOc1cc(-c2ccc3c(c2)OCO3)cc(-c2ccccc2)n1)CNC(=O)[C@H](CC(=O)NC[C@H](O)[C@@H](O)[C@H](O)[C@H](O)CO)NC(=O)c1ccc(N=NCc2ccccc2S(=O)(=O)O)nc1. The molecule has 0 fully saturated rings. The first kappa shape index (κ1) is 53.4. The molecule has 21 nitrogen and oxygen atoms in total. The van der Waals surface area contributed by atoms with E-state index in [2.05, 4.69) is 31.2 Å². The van der Waals surface area contributed by atoms with Gasteiger partial charge in [-0.05, 0) is 77.8 Å². The normalized spacial score (nSPS) is 14.5. The van der Waals surface area contributed by atoms with Crippen molar-refractivity contribution in [2.45, 2.75) is 81.4 Å². The van der Waals surface area contributed by atoms with Gasteiger partial charge in [0.05, 0.1) is 48.4 Å². The van der Waals surface area contributed by atoms with Crippen molar-refractivity contribution in [2.75, 3.05) is 33.1 Å². The standard InChI is InChI=1S/C49H57N7O14S/c1-49(2,18-8-9-19-68-44-22-34(20-35(54-44)30-10-4-3-5-11-30)31-14-16-39-40(21-31)70-29-69-39)28-52-48(64)36(23-43(60)51-26-37(58)45(61)46(62)38(59)27-57)55-47(63)33-15-17-42(50-24-33)56-53-25-32-12-6-7-13-41(32)71(65,66)67/h3-7,10-17,20-22,24,36-38,45-46,57-59,61-62H,8-9,18-19,23,25-29H2,1-2H3,(H,51,60)(H,52,64)(H,55,63)(H,65,66,67)/t36-,37-,38+,45+,46+/m0/s1. The van der Waals surface area contributed by atoms with Gasteiger partial charge < -0.3 is 55.7 Å². The Kier molecular flexibility index (Phi) is 18.6. The number of carbonyl (C=O) groups is 3. The molecule has 2 aromatic heterocycles. The number of benzene rings is 3. The molecule has 0 saturated heterocycles. The van der Waals surface area contributed by atoms with Crippen LogP contribution in [-0.2, 0) is 26.3 Å². The van der Waals surface area contributed by atoms with E-state index in [1.807, 2.05) is 74.5 Å². The Bertz CT molecular complexity index is 2750. The average Bonchev–Trinajstić information content (AvgIpc) is 3.85. The van der Waals surface area contributed by atoms with Gasteiger partial charge in [0.25, 0.3) is 16.0 Å². The molecule has 0 spiro atoms. The molecule has 6 rings (SSSR count). The third kappa shape index (κ3) is 15.5. The minimum absolute atomic E-state index is 0.0254. The Hall–Kier alpha value is -6.92. The molecular formula is C49H57N7O14S. The Balaban J connectivity index is 1.05. The van der Waals surface area contributed by atoms with Crippen molar-refractivity contribution in [3.8, 4) is 39.8 Å². The highest BCUT2D eigenvalue weighted by Crippen LogP contribution is 2.37. The second-order valence-corrected chi connectivity index (χ2v) is 18.8. The van der Waals surface area contributed by atoms with Crippen LogP contribution >= 0.6 is 0 Å². The molecule has 3 heterocycles. The van der Waals surface area contributed by atoms with Crippen LogP contribution in [0.4, 0.5) is 5.82 Å². The van der Waals surface area contributed by atoms with E-state index >= 15 is 0 Å². The number of fused-ring (bicyclic) bond motifs is 1. The van der Waals surface area contributed by atoms with Crippen LogP contribution in [0.15, 0.2) is 118 Å². The Morgan fingerprint density at radius 1 is 0.831 bits per heavy atom. The molecule has 0 bridgehead atoms. The third-order valence-corrected chi connectivity index (χ3v) is 12.3. The van der Waals surface area contributed by atoms with Crippen molar-refractivity contribution in [3.63, 3.8) is 0 Å². The number of carbonyl (C=O) groups excluding carboxylic acids is 3. The summed E-state index contributed by atoms with van der Waals surface area (Å²) < 4.78 is 50.2. The molecule has 1 aliphatic heterocycles. The van der Waals surface area contributed by atoms with Crippen LogP contribution in [0.25, 0.3) is 22.4 Å². The summed E-state index contributed by atoms with van der Waals surface area (Å²) in [5.41, 5.74) is 3.15. The fraction of sp³-hybridized carbons (Fsp3) is 0.367. The number of aliphatic hydroxyl groups is 5. The highest BCUT2D eigenvalue weighted by Gasteiger charge is 2.32. The zero-order valence-electron chi connectivity index (χ0n) is 38.9. The van der Waals surface area contributed by atoms with Gasteiger partial charge >= 0.3 is 0 Å². The van der Waals surface area contributed by atoms with E-state index in [0.29, 0.717) is 43.2 Å². The molecule has 5 aromatic rings. The van der Waals surface area contributed by atoms with Gasteiger partial charge in [-0.1, -0.05) is 68.4 Å². The molecule has 378 valence electrons. The number of unbranched alkanes of at least 4 members (excludes halogenated alkanes) is 1. The van der Waals surface area contributed by atoms with Crippen molar-refractivity contribution >= 4 is 33.7 Å². The van der Waals surface area contributed by atoms with Crippen LogP contribution in [0.2, 0.25) is 0 Å². The van der Waals surface area contributed by atoms with Crippen LogP contribution in [0, 0.1) is 5.41 Å². The predicted octanol–water partition coefficient (Wildman–Crippen LogP) is 3.50. The largest absolute Gasteiger partial charge is 0.478 e. The molecule has 3 aromatic carbocycles. The number of amides is 3. The van der Waals surface area contributed by atoms with Crippen LogP contribution in [0.5, 0.6) is 17.4 Å². The minimum atomic E-state index is -4.50. The fourth-order valence-electron chi connectivity index (χ4n) is 7.26. The lowest BCUT2D eigenvalue weighted by Gasteiger charge is -2.27. The summed E-state index contributed by atoms with van der Waals surface area (Å²) in [5.74, 6) is -0.508. The first-order valence-corrected chi connectivity index (χ1v) is 24.0. The van der Waals surface area contributed by atoms with Crippen molar-refractivity contribution < 1.29 is 67.1 Å². The lowest BCUT2D eigenvalue weighted by atomic mass is 9.87. The van der Waals surface area contributed by atoms with E-state index in [0.717, 1.165) is 28.6 Å². The van der Waals surface area contributed by atoms with Crippen molar-refractivity contribution in [1.82, 2.24) is 25.9 Å². The molecular weight excluding hydrogens is 943 g/mol. The van der Waals surface area contributed by atoms with Crippen molar-refractivity contribution in [2.24, 2.45) is 15.6 Å². The number of rotatable bonds is 25.